The van der Waals surface area contributed by atoms with E-state index in [1.54, 1.807) is 18.5 Å². The molecule has 0 bridgehead atoms. The highest BCUT2D eigenvalue weighted by atomic mass is 16.5. The van der Waals surface area contributed by atoms with Crippen molar-refractivity contribution in [2.75, 3.05) is 0 Å². The van der Waals surface area contributed by atoms with Crippen LogP contribution in [0.15, 0.2) is 58.7 Å². The number of aromatic hydroxyl groups is 1. The summed E-state index contributed by atoms with van der Waals surface area (Å²) < 4.78 is 7.45. The minimum atomic E-state index is -0.259. The molecule has 27 heavy (non-hydrogen) atoms. The highest BCUT2D eigenvalue weighted by molar-refractivity contribution is 6.14. The van der Waals surface area contributed by atoms with Gasteiger partial charge < -0.3 is 9.84 Å². The minimum Gasteiger partial charge on any atom is -0.507 e. The standard InChI is InChI=1S/C21H18N3O3/c1-2-4-16-18(7-6-15(20(16)26)17-8-10-22-17)27-13-14-5-3-12-24-19(25)9-11-23-21(14)24/h3,5-8,10-12,26H,2,4,13H2,1H3. The van der Waals surface area contributed by atoms with E-state index >= 15 is 0 Å². The monoisotopic (exact) mass is 360 g/mol. The van der Waals surface area contributed by atoms with Gasteiger partial charge in [-0.1, -0.05) is 19.4 Å². The van der Waals surface area contributed by atoms with Crippen LogP contribution in [0.25, 0.3) is 5.65 Å². The molecule has 1 aromatic carbocycles. The Morgan fingerprint density at radius 2 is 2.15 bits per heavy atom. The van der Waals surface area contributed by atoms with Crippen molar-refractivity contribution < 1.29 is 9.84 Å². The number of rotatable bonds is 6. The number of nitrogens with zero attached hydrogens (tertiary/aromatic N) is 3. The molecule has 0 amide bonds. The molecular formula is C21H18N3O3. The van der Waals surface area contributed by atoms with E-state index in [1.807, 2.05) is 31.2 Å². The van der Waals surface area contributed by atoms with Crippen LogP contribution >= 0.6 is 0 Å². The van der Waals surface area contributed by atoms with Crippen LogP contribution in [-0.4, -0.2) is 20.2 Å². The second kappa shape index (κ2) is 7.07. The Morgan fingerprint density at radius 3 is 2.89 bits per heavy atom. The molecule has 1 radical (unpaired) electrons. The Hall–Kier alpha value is -3.41. The first kappa shape index (κ1) is 17.0. The molecule has 4 rings (SSSR count). The second-order valence-corrected chi connectivity index (χ2v) is 6.24. The molecule has 1 aliphatic rings. The smallest absolute Gasteiger partial charge is 0.265 e. The molecular weight excluding hydrogens is 342 g/mol. The van der Waals surface area contributed by atoms with Crippen molar-refractivity contribution in [3.05, 3.63) is 82.0 Å². The van der Waals surface area contributed by atoms with Crippen molar-refractivity contribution in [3.8, 4) is 11.5 Å². The number of aliphatic imine (C=N–C) groups is 1. The molecule has 0 fully saturated rings. The maximum Gasteiger partial charge on any atom is 0.265 e. The summed E-state index contributed by atoms with van der Waals surface area (Å²) in [6.07, 6.45) is 8.15. The number of phenolic OH excluding ortho intramolecular Hbond substituents is 1. The summed E-state index contributed by atoms with van der Waals surface area (Å²) in [5.41, 5.74) is 3.29. The predicted octanol–water partition coefficient (Wildman–Crippen LogP) is 3.05. The molecule has 0 aliphatic carbocycles. The molecule has 0 spiro atoms. The first-order valence-electron chi connectivity index (χ1n) is 8.78. The fraction of sp³-hybridized carbons (Fsp3) is 0.190. The summed E-state index contributed by atoms with van der Waals surface area (Å²) in [4.78, 5) is 20.3. The van der Waals surface area contributed by atoms with Crippen molar-refractivity contribution in [1.82, 2.24) is 9.38 Å². The number of phenols is 1. The van der Waals surface area contributed by atoms with Gasteiger partial charge in [0.25, 0.3) is 5.56 Å². The highest BCUT2D eigenvalue weighted by Gasteiger charge is 2.17. The van der Waals surface area contributed by atoms with Gasteiger partial charge in [0.2, 0.25) is 0 Å². The van der Waals surface area contributed by atoms with Crippen LogP contribution in [0.1, 0.15) is 30.0 Å². The Morgan fingerprint density at radius 1 is 1.30 bits per heavy atom. The zero-order chi connectivity index (χ0) is 18.8. The van der Waals surface area contributed by atoms with E-state index in [-0.39, 0.29) is 17.9 Å². The molecule has 0 saturated heterocycles. The summed E-state index contributed by atoms with van der Waals surface area (Å²) in [5, 5.41) is 10.7. The lowest BCUT2D eigenvalue weighted by Crippen LogP contribution is -2.15. The third kappa shape index (κ3) is 3.10. The number of hydrogen-bond donors (Lipinski definition) is 1. The summed E-state index contributed by atoms with van der Waals surface area (Å²) in [6.45, 7) is 2.28. The van der Waals surface area contributed by atoms with Gasteiger partial charge in [-0.15, -0.1) is 0 Å². The van der Waals surface area contributed by atoms with Crippen LogP contribution < -0.4 is 10.3 Å². The summed E-state index contributed by atoms with van der Waals surface area (Å²) in [7, 11) is 0. The second-order valence-electron chi connectivity index (χ2n) is 6.24. The number of aromatic nitrogens is 2. The van der Waals surface area contributed by atoms with Gasteiger partial charge in [0.1, 0.15) is 23.8 Å². The van der Waals surface area contributed by atoms with Gasteiger partial charge >= 0.3 is 0 Å². The fourth-order valence-electron chi connectivity index (χ4n) is 3.10. The summed E-state index contributed by atoms with van der Waals surface area (Å²) in [6, 6.07) is 9.85. The van der Waals surface area contributed by atoms with Crippen LogP contribution in [0, 0.1) is 6.07 Å². The van der Waals surface area contributed by atoms with Crippen LogP contribution in [0.5, 0.6) is 11.5 Å². The number of pyridine rings is 1. The van der Waals surface area contributed by atoms with Crippen molar-refractivity contribution in [2.45, 2.75) is 26.4 Å². The maximum absolute atomic E-state index is 11.9. The van der Waals surface area contributed by atoms with Crippen molar-refractivity contribution in [3.63, 3.8) is 0 Å². The average Bonchev–Trinajstić information content (AvgIpc) is 2.63. The molecule has 135 valence electrons. The van der Waals surface area contributed by atoms with Gasteiger partial charge in [0.15, 0.2) is 0 Å². The minimum absolute atomic E-state index is 0.208. The zero-order valence-corrected chi connectivity index (χ0v) is 14.8. The van der Waals surface area contributed by atoms with E-state index in [9.17, 15) is 9.90 Å². The van der Waals surface area contributed by atoms with E-state index in [0.717, 1.165) is 23.3 Å². The highest BCUT2D eigenvalue weighted by Crippen LogP contribution is 2.34. The lowest BCUT2D eigenvalue weighted by atomic mass is 9.99. The van der Waals surface area contributed by atoms with Gasteiger partial charge in [0, 0.05) is 35.3 Å². The zero-order valence-electron chi connectivity index (χ0n) is 14.8. The van der Waals surface area contributed by atoms with E-state index in [2.05, 4.69) is 16.0 Å². The lowest BCUT2D eigenvalue weighted by molar-refractivity contribution is 0.301. The van der Waals surface area contributed by atoms with Crippen molar-refractivity contribution in [2.24, 2.45) is 4.99 Å². The van der Waals surface area contributed by atoms with E-state index in [1.165, 1.54) is 10.6 Å². The van der Waals surface area contributed by atoms with Gasteiger partial charge in [-0.2, -0.15) is 0 Å². The molecule has 0 unspecified atom stereocenters. The van der Waals surface area contributed by atoms with Crippen LogP contribution in [0.3, 0.4) is 0 Å². The first-order chi connectivity index (χ1) is 13.2. The Kier molecular flexibility index (Phi) is 4.46. The molecule has 1 aliphatic heterocycles. The number of ether oxygens (including phenoxy) is 1. The molecule has 1 N–H and O–H groups in total. The molecule has 2 aromatic heterocycles. The van der Waals surface area contributed by atoms with E-state index in [0.29, 0.717) is 23.4 Å². The Bertz CT molecular complexity index is 1130. The van der Waals surface area contributed by atoms with Gasteiger partial charge in [-0.3, -0.25) is 14.2 Å². The summed E-state index contributed by atoms with van der Waals surface area (Å²) in [5.74, 6) is 0.827. The normalized spacial score (nSPS) is 12.7. The average molecular weight is 360 g/mol. The molecule has 6 nitrogen and oxygen atoms in total. The number of benzene rings is 1. The van der Waals surface area contributed by atoms with Crippen LogP contribution in [0.2, 0.25) is 0 Å². The molecule has 0 atom stereocenters. The van der Waals surface area contributed by atoms with Crippen molar-refractivity contribution >= 4 is 11.4 Å². The summed E-state index contributed by atoms with van der Waals surface area (Å²) >= 11 is 0. The number of allylic oxidation sites excluding steroid dienone is 1. The maximum atomic E-state index is 11.9. The van der Waals surface area contributed by atoms with Gasteiger partial charge in [0.05, 0.1) is 11.8 Å². The van der Waals surface area contributed by atoms with Gasteiger partial charge in [-0.25, -0.2) is 4.98 Å². The largest absolute Gasteiger partial charge is 0.507 e. The van der Waals surface area contributed by atoms with Crippen LogP contribution in [0.4, 0.5) is 0 Å². The molecule has 0 saturated carbocycles. The first-order valence-corrected chi connectivity index (χ1v) is 8.78. The third-order valence-electron chi connectivity index (χ3n) is 4.49. The molecule has 6 heteroatoms. The molecule has 3 aromatic rings. The Labute approximate surface area is 156 Å². The molecule has 3 heterocycles. The van der Waals surface area contributed by atoms with Crippen molar-refractivity contribution in [1.29, 1.82) is 0 Å². The van der Waals surface area contributed by atoms with E-state index < -0.39 is 0 Å². The van der Waals surface area contributed by atoms with E-state index in [4.69, 9.17) is 4.74 Å². The number of fused-ring (bicyclic) bond motifs is 1. The predicted molar refractivity (Wildman–Crippen MR) is 102 cm³/mol. The SMILES string of the molecule is CCCc1c(OCc2cccn3c(=O)[c]cnc23)ccc(C2=NC=C2)c1O. The van der Waals surface area contributed by atoms with Crippen LogP contribution in [-0.2, 0) is 13.0 Å². The van der Waals surface area contributed by atoms with Gasteiger partial charge in [-0.05, 0) is 30.7 Å². The topological polar surface area (TPSA) is 76.2 Å². The Balaban J connectivity index is 1.66. The fourth-order valence-corrected chi connectivity index (χ4v) is 3.10. The third-order valence-corrected chi connectivity index (χ3v) is 4.49. The lowest BCUT2D eigenvalue weighted by Gasteiger charge is -2.17. The quantitative estimate of drug-likeness (QED) is 0.733. The number of hydrogen-bond acceptors (Lipinski definition) is 5.